The molecule has 13 heteroatoms. The van der Waals surface area contributed by atoms with Crippen LogP contribution in [0, 0.1) is 0 Å². The highest BCUT2D eigenvalue weighted by Gasteiger charge is 2.45. The fourth-order valence-electron chi connectivity index (χ4n) is 2.78. The Morgan fingerprint density at radius 1 is 1.36 bits per heavy atom. The van der Waals surface area contributed by atoms with Crippen molar-refractivity contribution in [2.45, 2.75) is 38.4 Å². The lowest BCUT2D eigenvalue weighted by atomic mass is 10.1. The number of aromatic nitrogens is 4. The lowest BCUT2D eigenvalue weighted by molar-refractivity contribution is -0.0465. The molecule has 0 bridgehead atoms. The van der Waals surface area contributed by atoms with Crippen molar-refractivity contribution in [3.05, 3.63) is 24.3 Å². The third kappa shape index (κ3) is 4.83. The van der Waals surface area contributed by atoms with Gasteiger partial charge in [0.05, 0.1) is 12.9 Å². The van der Waals surface area contributed by atoms with Crippen molar-refractivity contribution in [3.8, 4) is 0 Å². The Morgan fingerprint density at radius 2 is 2.11 bits per heavy atom. The summed E-state index contributed by atoms with van der Waals surface area (Å²) >= 11 is 10.7. The van der Waals surface area contributed by atoms with Gasteiger partial charge in [-0.3, -0.25) is 9.13 Å². The molecule has 0 aliphatic carbocycles. The largest absolute Gasteiger partial charge is 0.387 e. The number of ether oxygens (including phenoxy) is 1. The predicted molar refractivity (Wildman–Crippen MR) is 104 cm³/mol. The Morgan fingerprint density at radius 3 is 2.79 bits per heavy atom. The third-order valence-electron chi connectivity index (χ3n) is 4.14. The van der Waals surface area contributed by atoms with Gasteiger partial charge in [0.25, 0.3) is 0 Å². The van der Waals surface area contributed by atoms with Gasteiger partial charge in [-0.1, -0.05) is 11.6 Å². The molecule has 0 saturated carbocycles. The van der Waals surface area contributed by atoms with E-state index >= 15 is 0 Å². The van der Waals surface area contributed by atoms with Crippen LogP contribution in [0.1, 0.15) is 20.1 Å². The molecule has 3 heterocycles. The van der Waals surface area contributed by atoms with Crippen molar-refractivity contribution in [1.29, 1.82) is 0 Å². The number of allylic oxidation sites excluding steroid dienone is 1. The Bertz CT molecular complexity index is 915. The Balaban J connectivity index is 1.81. The third-order valence-corrected chi connectivity index (χ3v) is 5.17. The van der Waals surface area contributed by atoms with E-state index < -0.39 is 30.6 Å². The predicted octanol–water partition coefficient (Wildman–Crippen LogP) is 2.43. The lowest BCUT2D eigenvalue weighted by Crippen LogP contribution is -2.33. The van der Waals surface area contributed by atoms with Crippen molar-refractivity contribution in [3.63, 3.8) is 0 Å². The fraction of sp³-hybridized carbons (Fsp3) is 0.533. The number of halogens is 2. The molecular formula is C15H20Cl2N5O5P. The zero-order chi connectivity index (χ0) is 20.5. The van der Waals surface area contributed by atoms with Crippen LogP contribution in [0.3, 0.4) is 0 Å². The van der Waals surface area contributed by atoms with Crippen LogP contribution < -0.4 is 5.32 Å². The molecule has 2 aromatic heterocycles. The first-order valence-electron chi connectivity index (χ1n) is 8.37. The number of imidazole rings is 1. The minimum atomic E-state index is -3.79. The first kappa shape index (κ1) is 21.4. The highest BCUT2D eigenvalue weighted by Crippen LogP contribution is 2.57. The molecule has 1 aliphatic rings. The average molecular weight is 452 g/mol. The molecule has 28 heavy (non-hydrogen) atoms. The SMILES string of the molecule is CC(C)=CCNc1ncnc2c1ncn2[C@@H]1O[C@H](COP(=O)(Cl)Cl)C(O)C1O. The molecule has 0 amide bonds. The summed E-state index contributed by atoms with van der Waals surface area (Å²) < 4.78 is 23.2. The summed E-state index contributed by atoms with van der Waals surface area (Å²) in [6, 6.07) is 0. The molecule has 1 saturated heterocycles. The molecule has 2 unspecified atom stereocenters. The minimum absolute atomic E-state index is 0.351. The Hall–Kier alpha value is -1.26. The molecule has 3 rings (SSSR count). The summed E-state index contributed by atoms with van der Waals surface area (Å²) in [5.41, 5.74) is 2.06. The fourth-order valence-corrected chi connectivity index (χ4v) is 3.43. The quantitative estimate of drug-likeness (QED) is 0.428. The first-order chi connectivity index (χ1) is 13.2. The second-order valence-electron chi connectivity index (χ2n) is 6.47. The van der Waals surface area contributed by atoms with Gasteiger partial charge in [0.1, 0.15) is 24.6 Å². The topological polar surface area (TPSA) is 132 Å². The van der Waals surface area contributed by atoms with Crippen LogP contribution >= 0.6 is 28.6 Å². The van der Waals surface area contributed by atoms with E-state index in [4.69, 9.17) is 31.7 Å². The highest BCUT2D eigenvalue weighted by atomic mass is 35.9. The van der Waals surface area contributed by atoms with E-state index in [1.54, 1.807) is 0 Å². The standard InChI is InChI=1S/C15H20Cl2N5O5P/c1-8(2)3-4-18-13-10-14(20-6-19-13)22(7-21-10)15-12(24)11(23)9(27-15)5-26-28(16,17)25/h3,6-7,9,11-12,15,23-24H,4-5H2,1-2H3,(H,18,19,20)/t9-,11?,12?,15-/m1/s1. The summed E-state index contributed by atoms with van der Waals surface area (Å²) in [4.78, 5) is 12.7. The van der Waals surface area contributed by atoms with Gasteiger partial charge < -0.3 is 24.8 Å². The smallest absolute Gasteiger partial charge is 0.380 e. The number of nitrogens with zero attached hydrogens (tertiary/aromatic N) is 4. The summed E-state index contributed by atoms with van der Waals surface area (Å²) in [6.45, 7) is 4.20. The molecule has 154 valence electrons. The van der Waals surface area contributed by atoms with Gasteiger partial charge in [-0.15, -0.1) is 0 Å². The van der Waals surface area contributed by atoms with Crippen molar-refractivity contribution < 1.29 is 24.0 Å². The molecule has 10 nitrogen and oxygen atoms in total. The number of hydrogen-bond donors (Lipinski definition) is 3. The van der Waals surface area contributed by atoms with Crippen LogP contribution in [0.25, 0.3) is 11.2 Å². The molecule has 0 aromatic carbocycles. The second-order valence-corrected chi connectivity index (χ2v) is 10.7. The average Bonchev–Trinajstić information content (AvgIpc) is 3.15. The molecule has 4 atom stereocenters. The van der Waals surface area contributed by atoms with E-state index in [0.717, 1.165) is 5.57 Å². The van der Waals surface area contributed by atoms with E-state index in [-0.39, 0.29) is 6.61 Å². The van der Waals surface area contributed by atoms with Crippen LogP contribution in [-0.2, 0) is 13.8 Å². The summed E-state index contributed by atoms with van der Waals surface area (Å²) in [5.74, 6) is 0.527. The maximum Gasteiger partial charge on any atom is 0.380 e. The van der Waals surface area contributed by atoms with E-state index in [2.05, 4.69) is 20.3 Å². The number of hydrogen-bond acceptors (Lipinski definition) is 9. The Kier molecular flexibility index (Phi) is 6.61. The molecule has 0 radical (unpaired) electrons. The van der Waals surface area contributed by atoms with Gasteiger partial charge in [0.15, 0.2) is 23.2 Å². The van der Waals surface area contributed by atoms with Gasteiger partial charge in [-0.25, -0.2) is 15.0 Å². The number of rotatable bonds is 7. The van der Waals surface area contributed by atoms with E-state index in [9.17, 15) is 14.8 Å². The van der Waals surface area contributed by atoms with E-state index in [1.165, 1.54) is 17.2 Å². The summed E-state index contributed by atoms with van der Waals surface area (Å²) in [7, 11) is 0. The number of aliphatic hydroxyl groups is 2. The van der Waals surface area contributed by atoms with Crippen LogP contribution in [0.15, 0.2) is 24.3 Å². The second kappa shape index (κ2) is 8.62. The molecule has 3 N–H and O–H groups in total. The van der Waals surface area contributed by atoms with Crippen molar-refractivity contribution in [1.82, 2.24) is 19.5 Å². The molecule has 0 spiro atoms. The highest BCUT2D eigenvalue weighted by molar-refractivity contribution is 8.05. The summed E-state index contributed by atoms with van der Waals surface area (Å²) in [6.07, 6.45) is -3.57. The van der Waals surface area contributed by atoms with Gasteiger partial charge in [-0.2, -0.15) is 0 Å². The number of aliphatic hydroxyl groups excluding tert-OH is 2. The number of fused-ring (bicyclic) bond motifs is 1. The maximum atomic E-state index is 11.3. The Labute approximate surface area is 170 Å². The van der Waals surface area contributed by atoms with E-state index in [0.29, 0.717) is 23.5 Å². The van der Waals surface area contributed by atoms with Crippen LogP contribution in [0.2, 0.25) is 0 Å². The van der Waals surface area contributed by atoms with Crippen molar-refractivity contribution >= 4 is 45.5 Å². The maximum absolute atomic E-state index is 11.3. The van der Waals surface area contributed by atoms with Crippen LogP contribution in [0.5, 0.6) is 0 Å². The normalized spacial score (nSPS) is 25.2. The zero-order valence-corrected chi connectivity index (χ0v) is 17.5. The van der Waals surface area contributed by atoms with E-state index in [1.807, 2.05) is 19.9 Å². The molecule has 1 aliphatic heterocycles. The monoisotopic (exact) mass is 451 g/mol. The molecule has 1 fully saturated rings. The van der Waals surface area contributed by atoms with Crippen LogP contribution in [0.4, 0.5) is 5.82 Å². The zero-order valence-electron chi connectivity index (χ0n) is 15.1. The van der Waals surface area contributed by atoms with Crippen molar-refractivity contribution in [2.75, 3.05) is 18.5 Å². The van der Waals surface area contributed by atoms with Gasteiger partial charge in [0, 0.05) is 6.54 Å². The van der Waals surface area contributed by atoms with Gasteiger partial charge >= 0.3 is 6.07 Å². The minimum Gasteiger partial charge on any atom is -0.387 e. The number of anilines is 1. The van der Waals surface area contributed by atoms with Crippen molar-refractivity contribution in [2.24, 2.45) is 0 Å². The molecular weight excluding hydrogens is 432 g/mol. The van der Waals surface area contributed by atoms with Gasteiger partial charge in [-0.05, 0) is 36.3 Å². The first-order valence-corrected chi connectivity index (χ1v) is 11.8. The van der Waals surface area contributed by atoms with Crippen LogP contribution in [-0.4, -0.2) is 61.2 Å². The number of nitrogens with one attached hydrogen (secondary N) is 1. The van der Waals surface area contributed by atoms with Gasteiger partial charge in [0.2, 0.25) is 0 Å². The molecule has 2 aromatic rings. The lowest BCUT2D eigenvalue weighted by Gasteiger charge is -2.16. The summed E-state index contributed by atoms with van der Waals surface area (Å²) in [5, 5.41) is 23.7.